The SMILES string of the molecule is Cc1cc(NC(=O)[C@@H]2CCCN(CC(F)(F)F)C2)nn1Cc1cc(Cl)cc2cc(-c3ccccc3)oc12. The zero-order valence-electron chi connectivity index (χ0n) is 20.2. The molecule has 6 nitrogen and oxygen atoms in total. The van der Waals surface area contributed by atoms with Crippen LogP contribution in [0, 0.1) is 12.8 Å². The number of anilines is 1. The summed E-state index contributed by atoms with van der Waals surface area (Å²) >= 11 is 6.39. The molecule has 1 aliphatic heterocycles. The van der Waals surface area contributed by atoms with Gasteiger partial charge in [-0.05, 0) is 44.5 Å². The summed E-state index contributed by atoms with van der Waals surface area (Å²) in [7, 11) is 0. The van der Waals surface area contributed by atoms with Gasteiger partial charge >= 0.3 is 6.18 Å². The third-order valence-corrected chi connectivity index (χ3v) is 6.77. The van der Waals surface area contributed by atoms with Crippen molar-refractivity contribution in [1.82, 2.24) is 14.7 Å². The Morgan fingerprint density at radius 3 is 2.73 bits per heavy atom. The molecular weight excluding hydrogens is 505 g/mol. The highest BCUT2D eigenvalue weighted by Crippen LogP contribution is 2.33. The average molecular weight is 531 g/mol. The highest BCUT2D eigenvalue weighted by atomic mass is 35.5. The first-order valence-electron chi connectivity index (χ1n) is 12.1. The summed E-state index contributed by atoms with van der Waals surface area (Å²) < 4.78 is 46.3. The maximum atomic E-state index is 12.8. The molecule has 0 radical (unpaired) electrons. The van der Waals surface area contributed by atoms with Crippen molar-refractivity contribution in [2.75, 3.05) is 25.0 Å². The van der Waals surface area contributed by atoms with E-state index in [0.717, 1.165) is 28.0 Å². The molecule has 194 valence electrons. The lowest BCUT2D eigenvalue weighted by Gasteiger charge is -2.32. The second kappa shape index (κ2) is 10.2. The fourth-order valence-electron chi connectivity index (χ4n) is 4.84. The normalized spacial score (nSPS) is 16.8. The van der Waals surface area contributed by atoms with Gasteiger partial charge in [-0.2, -0.15) is 18.3 Å². The van der Waals surface area contributed by atoms with Gasteiger partial charge in [0.1, 0.15) is 11.3 Å². The van der Waals surface area contributed by atoms with E-state index in [4.69, 9.17) is 16.0 Å². The Hall–Kier alpha value is -3.30. The van der Waals surface area contributed by atoms with Crippen molar-refractivity contribution in [3.05, 3.63) is 70.9 Å². The fourth-order valence-corrected chi connectivity index (χ4v) is 5.08. The Morgan fingerprint density at radius 1 is 1.19 bits per heavy atom. The van der Waals surface area contributed by atoms with Crippen molar-refractivity contribution < 1.29 is 22.4 Å². The van der Waals surface area contributed by atoms with Crippen molar-refractivity contribution in [3.63, 3.8) is 0 Å². The second-order valence-corrected chi connectivity index (χ2v) is 9.90. The summed E-state index contributed by atoms with van der Waals surface area (Å²) in [4.78, 5) is 14.1. The lowest BCUT2D eigenvalue weighted by Crippen LogP contribution is -2.44. The molecular formula is C27H26ClF3N4O2. The van der Waals surface area contributed by atoms with Crippen LogP contribution in [0.5, 0.6) is 0 Å². The van der Waals surface area contributed by atoms with Crippen molar-refractivity contribution in [2.45, 2.75) is 32.5 Å². The van der Waals surface area contributed by atoms with E-state index in [2.05, 4.69) is 10.4 Å². The van der Waals surface area contributed by atoms with Gasteiger partial charge in [0.15, 0.2) is 5.82 Å². The van der Waals surface area contributed by atoms with Gasteiger partial charge in [0.25, 0.3) is 0 Å². The smallest absolute Gasteiger partial charge is 0.401 e. The number of halogens is 4. The molecule has 3 heterocycles. The number of piperidine rings is 1. The van der Waals surface area contributed by atoms with E-state index in [1.165, 1.54) is 4.90 Å². The Morgan fingerprint density at radius 2 is 1.97 bits per heavy atom. The minimum absolute atomic E-state index is 0.0772. The van der Waals surface area contributed by atoms with Crippen LogP contribution in [0.25, 0.3) is 22.3 Å². The van der Waals surface area contributed by atoms with Crippen LogP contribution in [0.1, 0.15) is 24.1 Å². The number of aromatic nitrogens is 2. The van der Waals surface area contributed by atoms with E-state index in [9.17, 15) is 18.0 Å². The van der Waals surface area contributed by atoms with E-state index in [1.807, 2.05) is 55.5 Å². The number of nitrogens with one attached hydrogen (secondary N) is 1. The molecule has 0 bridgehead atoms. The molecule has 1 amide bonds. The first-order valence-corrected chi connectivity index (χ1v) is 12.4. The number of rotatable bonds is 6. The zero-order valence-corrected chi connectivity index (χ0v) is 20.9. The van der Waals surface area contributed by atoms with Crippen LogP contribution in [0.15, 0.2) is 59.0 Å². The van der Waals surface area contributed by atoms with Gasteiger partial charge in [-0.1, -0.05) is 41.9 Å². The molecule has 1 fully saturated rings. The number of fused-ring (bicyclic) bond motifs is 1. The van der Waals surface area contributed by atoms with Crippen LogP contribution in [-0.4, -0.2) is 46.4 Å². The first kappa shape index (κ1) is 25.4. The highest BCUT2D eigenvalue weighted by molar-refractivity contribution is 6.31. The Kier molecular flexibility index (Phi) is 7.00. The van der Waals surface area contributed by atoms with Gasteiger partial charge in [0.2, 0.25) is 5.91 Å². The fraction of sp³-hybridized carbons (Fsp3) is 0.333. The molecule has 1 N–H and O–H groups in total. The minimum atomic E-state index is -4.28. The molecule has 0 spiro atoms. The van der Waals surface area contributed by atoms with Gasteiger partial charge in [-0.15, -0.1) is 0 Å². The highest BCUT2D eigenvalue weighted by Gasteiger charge is 2.34. The number of carbonyl (C=O) groups excluding carboxylic acids is 1. The van der Waals surface area contributed by atoms with E-state index < -0.39 is 18.6 Å². The summed E-state index contributed by atoms with van der Waals surface area (Å²) in [5, 5.41) is 8.76. The number of hydrogen-bond acceptors (Lipinski definition) is 4. The number of amides is 1. The number of carbonyl (C=O) groups is 1. The number of benzene rings is 2. The van der Waals surface area contributed by atoms with Crippen molar-refractivity contribution >= 4 is 34.3 Å². The molecule has 0 aliphatic carbocycles. The molecule has 2 aromatic carbocycles. The van der Waals surface area contributed by atoms with Gasteiger partial charge < -0.3 is 9.73 Å². The first-order chi connectivity index (χ1) is 17.6. The van der Waals surface area contributed by atoms with Crippen LogP contribution in [-0.2, 0) is 11.3 Å². The van der Waals surface area contributed by atoms with Crippen LogP contribution < -0.4 is 5.32 Å². The Labute approximate surface area is 217 Å². The maximum absolute atomic E-state index is 12.8. The predicted octanol–water partition coefficient (Wildman–Crippen LogP) is 6.52. The number of aryl methyl sites for hydroxylation is 1. The van der Waals surface area contributed by atoms with Gasteiger partial charge in [0, 0.05) is 39.8 Å². The molecule has 10 heteroatoms. The predicted molar refractivity (Wildman–Crippen MR) is 137 cm³/mol. The Balaban J connectivity index is 1.32. The maximum Gasteiger partial charge on any atom is 0.401 e. The molecule has 1 saturated heterocycles. The van der Waals surface area contributed by atoms with Crippen molar-refractivity contribution in [3.8, 4) is 11.3 Å². The van der Waals surface area contributed by atoms with E-state index >= 15 is 0 Å². The molecule has 4 aromatic rings. The lowest BCUT2D eigenvalue weighted by atomic mass is 9.97. The third kappa shape index (κ3) is 5.99. The topological polar surface area (TPSA) is 63.3 Å². The number of nitrogens with zero attached hydrogens (tertiary/aromatic N) is 3. The second-order valence-electron chi connectivity index (χ2n) is 9.47. The average Bonchev–Trinajstić information content (AvgIpc) is 3.42. The summed E-state index contributed by atoms with van der Waals surface area (Å²) in [6.45, 7) is 1.64. The zero-order chi connectivity index (χ0) is 26.2. The summed E-state index contributed by atoms with van der Waals surface area (Å²) in [6.07, 6.45) is -3.20. The molecule has 1 aliphatic rings. The molecule has 5 rings (SSSR count). The van der Waals surface area contributed by atoms with E-state index in [1.54, 1.807) is 10.7 Å². The lowest BCUT2D eigenvalue weighted by molar-refractivity contribution is -0.151. The van der Waals surface area contributed by atoms with Gasteiger partial charge in [-0.25, -0.2) is 0 Å². The van der Waals surface area contributed by atoms with Crippen molar-refractivity contribution in [1.29, 1.82) is 0 Å². The number of alkyl halides is 3. The third-order valence-electron chi connectivity index (χ3n) is 6.55. The molecule has 2 aromatic heterocycles. The van der Waals surface area contributed by atoms with Crippen LogP contribution in [0.3, 0.4) is 0 Å². The van der Waals surface area contributed by atoms with Crippen LogP contribution >= 0.6 is 11.6 Å². The molecule has 0 unspecified atom stereocenters. The summed E-state index contributed by atoms with van der Waals surface area (Å²) in [5.74, 6) is 0.253. The van der Waals surface area contributed by atoms with Crippen molar-refractivity contribution in [2.24, 2.45) is 5.92 Å². The van der Waals surface area contributed by atoms with Gasteiger partial charge in [0.05, 0.1) is 19.0 Å². The number of likely N-dealkylation sites (tertiary alicyclic amines) is 1. The molecule has 1 atom stereocenters. The summed E-state index contributed by atoms with van der Waals surface area (Å²) in [5.41, 5.74) is 3.30. The summed E-state index contributed by atoms with van der Waals surface area (Å²) in [6, 6.07) is 17.2. The standard InChI is InChI=1S/C27H26ClF3N4O2/c1-17-10-24(32-26(36)19-8-5-9-34(14-19)16-27(29,30)31)33-35(17)15-21-12-22(28)11-20-13-23(37-25(20)21)18-6-3-2-4-7-18/h2-4,6-7,10-13,19H,5,8-9,14-16H2,1H3,(H,32,33,36)/t19-/m1/s1. The molecule has 37 heavy (non-hydrogen) atoms. The minimum Gasteiger partial charge on any atom is -0.456 e. The number of furan rings is 1. The van der Waals surface area contributed by atoms with Crippen LogP contribution in [0.2, 0.25) is 5.02 Å². The Bertz CT molecular complexity index is 1410. The monoisotopic (exact) mass is 530 g/mol. The van der Waals surface area contributed by atoms with Crippen LogP contribution in [0.4, 0.5) is 19.0 Å². The largest absolute Gasteiger partial charge is 0.456 e. The number of hydrogen-bond donors (Lipinski definition) is 1. The molecule has 0 saturated carbocycles. The quantitative estimate of drug-likeness (QED) is 0.308. The van der Waals surface area contributed by atoms with E-state index in [0.29, 0.717) is 42.4 Å². The van der Waals surface area contributed by atoms with E-state index in [-0.39, 0.29) is 12.5 Å². The van der Waals surface area contributed by atoms with Gasteiger partial charge in [-0.3, -0.25) is 14.4 Å².